The average molecular weight is 391 g/mol. The summed E-state index contributed by atoms with van der Waals surface area (Å²) in [6.45, 7) is 2.27. The molecule has 1 aliphatic rings. The number of benzene rings is 2. The van der Waals surface area contributed by atoms with E-state index in [0.717, 1.165) is 5.92 Å². The number of ether oxygens (including phenoxy) is 1. The summed E-state index contributed by atoms with van der Waals surface area (Å²) in [6.07, 6.45) is 7.80. The summed E-state index contributed by atoms with van der Waals surface area (Å²) in [7, 11) is 0. The fourth-order valence-corrected chi connectivity index (χ4v) is 4.30. The van der Waals surface area contributed by atoms with Crippen LogP contribution in [-0.2, 0) is 0 Å². The molecule has 0 bridgehead atoms. The molecule has 1 saturated carbocycles. The van der Waals surface area contributed by atoms with Crippen LogP contribution in [0.1, 0.15) is 67.3 Å². The van der Waals surface area contributed by atoms with Gasteiger partial charge in [-0.15, -0.1) is 0 Å². The van der Waals surface area contributed by atoms with Gasteiger partial charge in [-0.1, -0.05) is 55.1 Å². The molecule has 0 N–H and O–H groups in total. The molecule has 0 amide bonds. The van der Waals surface area contributed by atoms with Gasteiger partial charge in [0.1, 0.15) is 5.75 Å². The fourth-order valence-electron chi connectivity index (χ4n) is 3.82. The maximum absolute atomic E-state index is 12.3. The van der Waals surface area contributed by atoms with Crippen molar-refractivity contribution in [1.82, 2.24) is 0 Å². The van der Waals surface area contributed by atoms with Crippen LogP contribution in [0.25, 0.3) is 0 Å². The zero-order valence-corrected chi connectivity index (χ0v) is 16.5. The Hall–Kier alpha value is -1.51. The minimum Gasteiger partial charge on any atom is -0.423 e. The monoisotopic (exact) mass is 390 g/mol. The van der Waals surface area contributed by atoms with E-state index in [1.165, 1.54) is 50.2 Å². The molecule has 2 aromatic rings. The van der Waals surface area contributed by atoms with Crippen molar-refractivity contribution < 1.29 is 9.53 Å². The molecule has 138 valence electrons. The SMILES string of the molecule is CCC[C@H]1CC[C@H](c2ccc(OC(=O)c3ccc(Cl)cc3Cl)cc2)CC1. The van der Waals surface area contributed by atoms with Crippen LogP contribution < -0.4 is 4.74 Å². The van der Waals surface area contributed by atoms with Gasteiger partial charge < -0.3 is 4.74 Å². The normalized spacial score (nSPS) is 20.0. The Morgan fingerprint density at radius 3 is 2.35 bits per heavy atom. The van der Waals surface area contributed by atoms with E-state index in [9.17, 15) is 4.79 Å². The summed E-state index contributed by atoms with van der Waals surface area (Å²) in [5, 5.41) is 0.785. The van der Waals surface area contributed by atoms with Crippen LogP contribution in [0, 0.1) is 5.92 Å². The van der Waals surface area contributed by atoms with E-state index in [4.69, 9.17) is 27.9 Å². The molecular weight excluding hydrogens is 367 g/mol. The van der Waals surface area contributed by atoms with Gasteiger partial charge in [-0.25, -0.2) is 4.79 Å². The number of carbonyl (C=O) groups is 1. The molecule has 26 heavy (non-hydrogen) atoms. The molecule has 2 aromatic carbocycles. The number of hydrogen-bond acceptors (Lipinski definition) is 2. The minimum absolute atomic E-state index is 0.294. The maximum Gasteiger partial charge on any atom is 0.345 e. The van der Waals surface area contributed by atoms with Crippen LogP contribution in [0.15, 0.2) is 42.5 Å². The third-order valence-electron chi connectivity index (χ3n) is 5.26. The Morgan fingerprint density at radius 1 is 1.04 bits per heavy atom. The first-order valence-corrected chi connectivity index (χ1v) is 10.1. The molecule has 1 aliphatic carbocycles. The summed E-state index contributed by atoms with van der Waals surface area (Å²) >= 11 is 11.9. The second kappa shape index (κ2) is 8.92. The first-order chi connectivity index (χ1) is 12.6. The van der Waals surface area contributed by atoms with Gasteiger partial charge in [-0.05, 0) is 73.4 Å². The van der Waals surface area contributed by atoms with Gasteiger partial charge in [0.15, 0.2) is 0 Å². The van der Waals surface area contributed by atoms with Gasteiger partial charge in [-0.2, -0.15) is 0 Å². The Labute approximate surface area is 165 Å². The highest BCUT2D eigenvalue weighted by molar-refractivity contribution is 6.36. The number of halogens is 2. The standard InChI is InChI=1S/C22H24Cl2O2/c1-2-3-15-4-6-16(7-5-15)17-8-11-19(12-9-17)26-22(25)20-13-10-18(23)14-21(20)24/h8-16H,2-7H2,1H3/t15-,16-. The lowest BCUT2D eigenvalue weighted by molar-refractivity contribution is 0.0735. The number of hydrogen-bond donors (Lipinski definition) is 0. The third kappa shape index (κ3) is 4.81. The zero-order chi connectivity index (χ0) is 18.5. The first-order valence-electron chi connectivity index (χ1n) is 9.34. The highest BCUT2D eigenvalue weighted by Gasteiger charge is 2.22. The van der Waals surface area contributed by atoms with Crippen LogP contribution in [0.4, 0.5) is 0 Å². The second-order valence-corrected chi connectivity index (χ2v) is 7.93. The summed E-state index contributed by atoms with van der Waals surface area (Å²) in [6, 6.07) is 12.6. The number of esters is 1. The van der Waals surface area contributed by atoms with Gasteiger partial charge in [0.2, 0.25) is 0 Å². The van der Waals surface area contributed by atoms with Crippen LogP contribution in [-0.4, -0.2) is 5.97 Å². The minimum atomic E-state index is -0.473. The molecule has 0 radical (unpaired) electrons. The molecule has 3 rings (SSSR count). The summed E-state index contributed by atoms with van der Waals surface area (Å²) in [5.74, 6) is 1.59. The largest absolute Gasteiger partial charge is 0.423 e. The molecule has 0 aromatic heterocycles. The molecule has 2 nitrogen and oxygen atoms in total. The Morgan fingerprint density at radius 2 is 1.73 bits per heavy atom. The van der Waals surface area contributed by atoms with Crippen molar-refractivity contribution in [2.24, 2.45) is 5.92 Å². The topological polar surface area (TPSA) is 26.3 Å². The Kier molecular flexibility index (Phi) is 6.61. The van der Waals surface area contributed by atoms with E-state index in [0.29, 0.717) is 27.3 Å². The van der Waals surface area contributed by atoms with Gasteiger partial charge in [-0.3, -0.25) is 0 Å². The van der Waals surface area contributed by atoms with E-state index in [-0.39, 0.29) is 0 Å². The highest BCUT2D eigenvalue weighted by Crippen LogP contribution is 2.37. The van der Waals surface area contributed by atoms with Gasteiger partial charge >= 0.3 is 5.97 Å². The van der Waals surface area contributed by atoms with E-state index >= 15 is 0 Å². The Bertz CT molecular complexity index is 747. The molecule has 4 heteroatoms. The summed E-state index contributed by atoms with van der Waals surface area (Å²) in [4.78, 5) is 12.3. The molecular formula is C22H24Cl2O2. The fraction of sp³-hybridized carbons (Fsp3) is 0.409. The van der Waals surface area contributed by atoms with Crippen LogP contribution in [0.5, 0.6) is 5.75 Å². The number of rotatable bonds is 5. The van der Waals surface area contributed by atoms with E-state index in [1.807, 2.05) is 12.1 Å². The molecule has 0 aliphatic heterocycles. The first kappa shape index (κ1) is 19.3. The molecule has 1 fully saturated rings. The van der Waals surface area contributed by atoms with E-state index < -0.39 is 5.97 Å². The van der Waals surface area contributed by atoms with Crippen molar-refractivity contribution in [3.63, 3.8) is 0 Å². The molecule has 0 spiro atoms. The molecule has 0 saturated heterocycles. The van der Waals surface area contributed by atoms with Gasteiger partial charge in [0, 0.05) is 5.02 Å². The van der Waals surface area contributed by atoms with Crippen LogP contribution in [0.3, 0.4) is 0 Å². The van der Waals surface area contributed by atoms with Crippen LogP contribution >= 0.6 is 23.2 Å². The molecule has 0 atom stereocenters. The summed E-state index contributed by atoms with van der Waals surface area (Å²) in [5.41, 5.74) is 1.65. The second-order valence-electron chi connectivity index (χ2n) is 7.09. The Balaban J connectivity index is 1.60. The smallest absolute Gasteiger partial charge is 0.345 e. The summed E-state index contributed by atoms with van der Waals surface area (Å²) < 4.78 is 5.45. The lowest BCUT2D eigenvalue weighted by Crippen LogP contribution is -2.13. The third-order valence-corrected chi connectivity index (χ3v) is 5.80. The molecule has 0 unspecified atom stereocenters. The van der Waals surface area contributed by atoms with E-state index in [2.05, 4.69) is 19.1 Å². The lowest BCUT2D eigenvalue weighted by Gasteiger charge is -2.28. The highest BCUT2D eigenvalue weighted by atomic mass is 35.5. The zero-order valence-electron chi connectivity index (χ0n) is 15.0. The quantitative estimate of drug-likeness (QED) is 0.395. The van der Waals surface area contributed by atoms with Crippen molar-refractivity contribution in [2.45, 2.75) is 51.4 Å². The van der Waals surface area contributed by atoms with Crippen LogP contribution in [0.2, 0.25) is 10.0 Å². The van der Waals surface area contributed by atoms with Gasteiger partial charge in [0.05, 0.1) is 10.6 Å². The average Bonchev–Trinajstić information content (AvgIpc) is 2.63. The predicted octanol–water partition coefficient (Wildman–Crippen LogP) is 7.29. The van der Waals surface area contributed by atoms with E-state index in [1.54, 1.807) is 12.1 Å². The predicted molar refractivity (Wildman–Crippen MR) is 107 cm³/mol. The van der Waals surface area contributed by atoms with Crippen molar-refractivity contribution in [2.75, 3.05) is 0 Å². The van der Waals surface area contributed by atoms with Gasteiger partial charge in [0.25, 0.3) is 0 Å². The van der Waals surface area contributed by atoms with Crippen molar-refractivity contribution in [3.8, 4) is 5.75 Å². The lowest BCUT2D eigenvalue weighted by atomic mass is 9.77. The maximum atomic E-state index is 12.3. The molecule has 0 heterocycles. The number of carbonyl (C=O) groups excluding carboxylic acids is 1. The van der Waals surface area contributed by atoms with Crippen molar-refractivity contribution in [1.29, 1.82) is 0 Å². The van der Waals surface area contributed by atoms with Crippen molar-refractivity contribution >= 4 is 29.2 Å². The van der Waals surface area contributed by atoms with Crippen molar-refractivity contribution in [3.05, 3.63) is 63.6 Å².